The van der Waals surface area contributed by atoms with Crippen LogP contribution in [0.4, 0.5) is 20.3 Å². The standard InChI is InChI=1S/C16H14F2N6O4S/c1-6-3-8(14(17)18)20-16-11(6)12(13(29-16)15(19)26)21-9(25)5-23-10(24(27)28)4-7(2)22-23/h3-4,14H,5H2,1-2H3,(H2,19,26)(H,21,25). The zero-order valence-electron chi connectivity index (χ0n) is 15.1. The predicted octanol–water partition coefficient (Wildman–Crippen LogP) is 2.69. The molecular weight excluding hydrogens is 410 g/mol. The number of anilines is 1. The Morgan fingerprint density at radius 2 is 2.07 bits per heavy atom. The van der Waals surface area contributed by atoms with Crippen molar-refractivity contribution in [3.8, 4) is 0 Å². The number of alkyl halides is 2. The van der Waals surface area contributed by atoms with Gasteiger partial charge < -0.3 is 21.2 Å². The lowest BCUT2D eigenvalue weighted by Gasteiger charge is -2.07. The Morgan fingerprint density at radius 3 is 2.66 bits per heavy atom. The van der Waals surface area contributed by atoms with E-state index in [1.54, 1.807) is 0 Å². The Hall–Kier alpha value is -3.48. The molecule has 29 heavy (non-hydrogen) atoms. The zero-order valence-corrected chi connectivity index (χ0v) is 15.9. The third kappa shape index (κ3) is 3.89. The van der Waals surface area contributed by atoms with Crippen molar-refractivity contribution >= 4 is 44.9 Å². The third-order valence-corrected chi connectivity index (χ3v) is 5.05. The van der Waals surface area contributed by atoms with Crippen molar-refractivity contribution in [1.82, 2.24) is 14.8 Å². The fourth-order valence-corrected chi connectivity index (χ4v) is 3.89. The summed E-state index contributed by atoms with van der Waals surface area (Å²) in [6.07, 6.45) is -2.81. The van der Waals surface area contributed by atoms with Crippen LogP contribution in [0.2, 0.25) is 0 Å². The Morgan fingerprint density at radius 1 is 1.38 bits per heavy atom. The number of nitrogens with zero attached hydrogens (tertiary/aromatic N) is 4. The number of nitrogens with one attached hydrogen (secondary N) is 1. The number of pyridine rings is 1. The minimum absolute atomic E-state index is 0.0276. The number of fused-ring (bicyclic) bond motifs is 1. The Kier molecular flexibility index (Phi) is 5.24. The highest BCUT2D eigenvalue weighted by atomic mass is 32.1. The number of carbonyl (C=O) groups excluding carboxylic acids is 2. The van der Waals surface area contributed by atoms with Crippen molar-refractivity contribution < 1.29 is 23.3 Å². The maximum atomic E-state index is 13.0. The Bertz CT molecular complexity index is 1160. The molecule has 3 N–H and O–H groups in total. The Balaban J connectivity index is 2.01. The van der Waals surface area contributed by atoms with Crippen LogP contribution in [0.3, 0.4) is 0 Å². The van der Waals surface area contributed by atoms with Crippen molar-refractivity contribution in [3.05, 3.63) is 44.1 Å². The molecule has 13 heteroatoms. The van der Waals surface area contributed by atoms with Gasteiger partial charge in [0.2, 0.25) is 0 Å². The van der Waals surface area contributed by atoms with Gasteiger partial charge in [-0.15, -0.1) is 16.0 Å². The molecule has 0 saturated heterocycles. The van der Waals surface area contributed by atoms with Crippen LogP contribution in [0, 0.1) is 24.0 Å². The molecule has 0 aromatic carbocycles. The molecule has 152 valence electrons. The van der Waals surface area contributed by atoms with Crippen molar-refractivity contribution in [3.63, 3.8) is 0 Å². The fourth-order valence-electron chi connectivity index (χ4n) is 2.82. The summed E-state index contributed by atoms with van der Waals surface area (Å²) in [6.45, 7) is 2.57. The van der Waals surface area contributed by atoms with Crippen molar-refractivity contribution in [1.29, 1.82) is 0 Å². The van der Waals surface area contributed by atoms with Gasteiger partial charge in [0, 0.05) is 5.39 Å². The molecule has 2 amide bonds. The number of aryl methyl sites for hydroxylation is 2. The van der Waals surface area contributed by atoms with Gasteiger partial charge in [-0.25, -0.2) is 13.8 Å². The van der Waals surface area contributed by atoms with Gasteiger partial charge in [0.1, 0.15) is 15.4 Å². The second-order valence-electron chi connectivity index (χ2n) is 6.12. The molecule has 0 aliphatic heterocycles. The van der Waals surface area contributed by atoms with E-state index in [4.69, 9.17) is 5.73 Å². The molecule has 3 aromatic rings. The average molecular weight is 424 g/mol. The lowest BCUT2D eigenvalue weighted by atomic mass is 10.1. The van der Waals surface area contributed by atoms with Crippen LogP contribution >= 0.6 is 11.3 Å². The smallest absolute Gasteiger partial charge is 0.345 e. The number of nitro groups is 1. The lowest BCUT2D eigenvalue weighted by molar-refractivity contribution is -0.392. The number of rotatable bonds is 6. The van der Waals surface area contributed by atoms with Gasteiger partial charge in [0.25, 0.3) is 18.2 Å². The molecule has 0 saturated carbocycles. The van der Waals surface area contributed by atoms with Crippen LogP contribution in [0.1, 0.15) is 33.0 Å². The van der Waals surface area contributed by atoms with Crippen LogP contribution in [0.25, 0.3) is 10.2 Å². The number of hydrogen-bond acceptors (Lipinski definition) is 7. The molecule has 3 rings (SSSR count). The summed E-state index contributed by atoms with van der Waals surface area (Å²) in [5.74, 6) is -1.96. The number of hydrogen-bond donors (Lipinski definition) is 2. The molecular formula is C16H14F2N6O4S. The minimum atomic E-state index is -2.81. The number of aromatic nitrogens is 3. The topological polar surface area (TPSA) is 146 Å². The molecule has 0 aliphatic carbocycles. The first kappa shape index (κ1) is 20.3. The summed E-state index contributed by atoms with van der Waals surface area (Å²) in [5, 5.41) is 17.8. The number of thiophene rings is 1. The first-order valence-corrected chi connectivity index (χ1v) is 8.90. The van der Waals surface area contributed by atoms with Crippen LogP contribution in [-0.4, -0.2) is 31.5 Å². The predicted molar refractivity (Wildman–Crippen MR) is 100 cm³/mol. The number of carbonyl (C=O) groups is 2. The van der Waals surface area contributed by atoms with Gasteiger partial charge in [-0.3, -0.25) is 9.59 Å². The van der Waals surface area contributed by atoms with E-state index in [2.05, 4.69) is 15.4 Å². The monoisotopic (exact) mass is 424 g/mol. The normalized spacial score (nSPS) is 11.2. The molecule has 0 spiro atoms. The van der Waals surface area contributed by atoms with E-state index in [1.807, 2.05) is 0 Å². The van der Waals surface area contributed by atoms with E-state index in [1.165, 1.54) is 19.9 Å². The second-order valence-corrected chi connectivity index (χ2v) is 7.12. The summed E-state index contributed by atoms with van der Waals surface area (Å²) < 4.78 is 26.9. The summed E-state index contributed by atoms with van der Waals surface area (Å²) in [5.41, 5.74) is 5.64. The molecule has 10 nitrogen and oxygen atoms in total. The molecule has 0 atom stereocenters. The van der Waals surface area contributed by atoms with Crippen molar-refractivity contribution in [2.45, 2.75) is 26.8 Å². The largest absolute Gasteiger partial charge is 0.365 e. The highest BCUT2D eigenvalue weighted by Gasteiger charge is 2.25. The quantitative estimate of drug-likeness (QED) is 0.459. The molecule has 3 heterocycles. The van der Waals surface area contributed by atoms with Crippen molar-refractivity contribution in [2.24, 2.45) is 5.73 Å². The van der Waals surface area contributed by atoms with Crippen LogP contribution in [0.5, 0.6) is 0 Å². The summed E-state index contributed by atoms with van der Waals surface area (Å²) in [6, 6.07) is 2.36. The second kappa shape index (κ2) is 7.50. The highest BCUT2D eigenvalue weighted by molar-refractivity contribution is 7.21. The number of nitrogens with two attached hydrogens (primary N) is 1. The summed E-state index contributed by atoms with van der Waals surface area (Å²) in [7, 11) is 0. The van der Waals surface area contributed by atoms with Gasteiger partial charge in [0.15, 0.2) is 6.54 Å². The number of primary amides is 1. The van der Waals surface area contributed by atoms with Crippen LogP contribution < -0.4 is 11.1 Å². The zero-order chi connectivity index (χ0) is 21.5. The maximum Gasteiger partial charge on any atom is 0.345 e. The SMILES string of the molecule is Cc1cc([N+](=O)[O-])n(CC(=O)Nc2c(C(N)=O)sc3nc(C(F)F)cc(C)c23)n1. The fraction of sp³-hybridized carbons (Fsp3) is 0.250. The summed E-state index contributed by atoms with van der Waals surface area (Å²) >= 11 is 0.774. The van der Waals surface area contributed by atoms with E-state index < -0.39 is 35.4 Å². The van der Waals surface area contributed by atoms with Gasteiger partial charge in [-0.2, -0.15) is 0 Å². The first-order chi connectivity index (χ1) is 13.6. The van der Waals surface area contributed by atoms with E-state index in [0.717, 1.165) is 22.1 Å². The number of halogens is 2. The number of amides is 2. The molecule has 0 fully saturated rings. The van der Waals surface area contributed by atoms with Crippen LogP contribution in [0.15, 0.2) is 12.1 Å². The van der Waals surface area contributed by atoms with E-state index in [0.29, 0.717) is 16.6 Å². The maximum absolute atomic E-state index is 13.0. The minimum Gasteiger partial charge on any atom is -0.365 e. The van der Waals surface area contributed by atoms with E-state index >= 15 is 0 Å². The molecule has 0 bridgehead atoms. The molecule has 0 radical (unpaired) electrons. The van der Waals surface area contributed by atoms with Crippen molar-refractivity contribution in [2.75, 3.05) is 5.32 Å². The van der Waals surface area contributed by atoms with Crippen LogP contribution in [-0.2, 0) is 11.3 Å². The molecule has 0 unspecified atom stereocenters. The molecule has 0 aliphatic rings. The average Bonchev–Trinajstić information content (AvgIpc) is 3.15. The molecule has 3 aromatic heterocycles. The van der Waals surface area contributed by atoms with Gasteiger partial charge >= 0.3 is 5.82 Å². The van der Waals surface area contributed by atoms with Gasteiger partial charge in [0.05, 0.1) is 17.4 Å². The Labute approximate surface area is 165 Å². The van der Waals surface area contributed by atoms with E-state index in [-0.39, 0.29) is 21.2 Å². The first-order valence-electron chi connectivity index (χ1n) is 8.09. The lowest BCUT2D eigenvalue weighted by Crippen LogP contribution is -2.22. The highest BCUT2D eigenvalue weighted by Crippen LogP contribution is 2.38. The van der Waals surface area contributed by atoms with E-state index in [9.17, 15) is 28.5 Å². The third-order valence-electron chi connectivity index (χ3n) is 3.95. The van der Waals surface area contributed by atoms with Gasteiger partial charge in [-0.05, 0) is 30.4 Å². The summed E-state index contributed by atoms with van der Waals surface area (Å²) in [4.78, 5) is 38.6. The van der Waals surface area contributed by atoms with Gasteiger partial charge in [-0.1, -0.05) is 5.10 Å².